The predicted molar refractivity (Wildman–Crippen MR) is 110 cm³/mol. The zero-order valence-corrected chi connectivity index (χ0v) is 17.4. The number of thiophene rings is 1. The number of carbonyl (C=O) groups excluding carboxylic acids is 3. The van der Waals surface area contributed by atoms with E-state index in [1.165, 1.54) is 11.3 Å². The van der Waals surface area contributed by atoms with Crippen LogP contribution in [-0.4, -0.2) is 48.3 Å². The summed E-state index contributed by atoms with van der Waals surface area (Å²) >= 11 is 1.50. The van der Waals surface area contributed by atoms with Crippen molar-refractivity contribution in [2.45, 2.75) is 31.5 Å². The summed E-state index contributed by atoms with van der Waals surface area (Å²) in [7, 11) is 0. The highest BCUT2D eigenvalue weighted by molar-refractivity contribution is 7.10. The molecule has 3 rings (SSSR count). The van der Waals surface area contributed by atoms with Crippen LogP contribution in [0.2, 0.25) is 0 Å². The zero-order valence-electron chi connectivity index (χ0n) is 16.6. The highest BCUT2D eigenvalue weighted by Crippen LogP contribution is 2.29. The van der Waals surface area contributed by atoms with Gasteiger partial charge in [-0.2, -0.15) is 13.2 Å². The molecule has 166 valence electrons. The van der Waals surface area contributed by atoms with Crippen molar-refractivity contribution in [1.29, 1.82) is 0 Å². The van der Waals surface area contributed by atoms with Gasteiger partial charge in [0.1, 0.15) is 6.04 Å². The van der Waals surface area contributed by atoms with Crippen LogP contribution in [0.1, 0.15) is 33.6 Å². The number of hydrogen-bond acceptors (Lipinski definition) is 4. The molecule has 3 amide bonds. The molecule has 1 aliphatic rings. The molecule has 1 aromatic heterocycles. The molecule has 0 aliphatic carbocycles. The first kappa shape index (κ1) is 22.8. The number of nitrogens with zero attached hydrogens (tertiary/aromatic N) is 1. The maximum atomic E-state index is 12.6. The van der Waals surface area contributed by atoms with Crippen LogP contribution in [0.25, 0.3) is 0 Å². The van der Waals surface area contributed by atoms with Crippen molar-refractivity contribution >= 4 is 29.1 Å². The van der Waals surface area contributed by atoms with E-state index in [2.05, 4.69) is 10.6 Å². The Labute approximate surface area is 181 Å². The minimum Gasteiger partial charge on any atom is -0.353 e. The number of alkyl halides is 3. The van der Waals surface area contributed by atoms with Crippen molar-refractivity contribution in [2.75, 3.05) is 19.6 Å². The number of hydrogen-bond donors (Lipinski definition) is 2. The Balaban J connectivity index is 1.43. The average Bonchev–Trinajstić information content (AvgIpc) is 3.42. The van der Waals surface area contributed by atoms with Gasteiger partial charge in [0.2, 0.25) is 11.8 Å². The summed E-state index contributed by atoms with van der Waals surface area (Å²) in [6.45, 7) is 0.795. The molecule has 0 saturated carbocycles. The first-order valence-electron chi connectivity index (χ1n) is 9.81. The fourth-order valence-corrected chi connectivity index (χ4v) is 4.09. The van der Waals surface area contributed by atoms with Crippen LogP contribution < -0.4 is 10.6 Å². The van der Waals surface area contributed by atoms with Crippen LogP contribution in [-0.2, 0) is 22.2 Å². The fourth-order valence-electron chi connectivity index (χ4n) is 3.39. The lowest BCUT2D eigenvalue weighted by atomic mass is 10.1. The van der Waals surface area contributed by atoms with Gasteiger partial charge in [0.15, 0.2) is 0 Å². The van der Waals surface area contributed by atoms with Crippen LogP contribution in [0.4, 0.5) is 13.2 Å². The highest BCUT2D eigenvalue weighted by Gasteiger charge is 2.34. The summed E-state index contributed by atoms with van der Waals surface area (Å²) in [5, 5.41) is 7.16. The van der Waals surface area contributed by atoms with Crippen molar-refractivity contribution in [2.24, 2.45) is 0 Å². The van der Waals surface area contributed by atoms with Crippen molar-refractivity contribution in [1.82, 2.24) is 15.5 Å². The first-order chi connectivity index (χ1) is 14.8. The van der Waals surface area contributed by atoms with E-state index in [0.29, 0.717) is 13.0 Å². The first-order valence-corrected chi connectivity index (χ1v) is 10.7. The standard InChI is InChI=1S/C21H22F3N3O3S/c22-21(23,24)15-7-5-14(6-8-15)19(29)25-9-10-26-20(30)17-4-1-11-27(17)18(28)13-16-3-2-12-31-16/h2-3,5-8,12,17H,1,4,9-11,13H2,(H,25,29)(H,26,30). The Hall–Kier alpha value is -2.88. The molecule has 1 fully saturated rings. The molecule has 2 heterocycles. The number of benzene rings is 1. The Kier molecular flexibility index (Phi) is 7.32. The third kappa shape index (κ3) is 6.06. The third-order valence-corrected chi connectivity index (χ3v) is 5.84. The second kappa shape index (κ2) is 9.95. The molecule has 0 radical (unpaired) electrons. The van der Waals surface area contributed by atoms with Gasteiger partial charge in [-0.1, -0.05) is 6.07 Å². The highest BCUT2D eigenvalue weighted by atomic mass is 32.1. The predicted octanol–water partition coefficient (Wildman–Crippen LogP) is 2.85. The van der Waals surface area contributed by atoms with E-state index in [0.717, 1.165) is 35.6 Å². The van der Waals surface area contributed by atoms with E-state index in [-0.39, 0.29) is 36.9 Å². The second-order valence-corrected chi connectivity index (χ2v) is 8.16. The van der Waals surface area contributed by atoms with Crippen molar-refractivity contribution in [3.63, 3.8) is 0 Å². The Morgan fingerprint density at radius 1 is 1.06 bits per heavy atom. The molecule has 31 heavy (non-hydrogen) atoms. The van der Waals surface area contributed by atoms with Gasteiger partial charge in [-0.05, 0) is 48.6 Å². The third-order valence-electron chi connectivity index (χ3n) is 4.97. The number of nitrogens with one attached hydrogen (secondary N) is 2. The Bertz CT molecular complexity index is 914. The second-order valence-electron chi connectivity index (χ2n) is 7.12. The van der Waals surface area contributed by atoms with Gasteiger partial charge < -0.3 is 15.5 Å². The van der Waals surface area contributed by atoms with E-state index in [9.17, 15) is 27.6 Å². The van der Waals surface area contributed by atoms with Gasteiger partial charge in [-0.3, -0.25) is 14.4 Å². The van der Waals surface area contributed by atoms with E-state index < -0.39 is 23.7 Å². The number of likely N-dealkylation sites (tertiary alicyclic amines) is 1. The van der Waals surface area contributed by atoms with Gasteiger partial charge in [-0.25, -0.2) is 0 Å². The van der Waals surface area contributed by atoms with Gasteiger partial charge in [0, 0.05) is 30.1 Å². The van der Waals surface area contributed by atoms with E-state index in [1.807, 2.05) is 17.5 Å². The summed E-state index contributed by atoms with van der Waals surface area (Å²) < 4.78 is 37.7. The lowest BCUT2D eigenvalue weighted by Gasteiger charge is -2.24. The maximum absolute atomic E-state index is 12.6. The largest absolute Gasteiger partial charge is 0.416 e. The Morgan fingerprint density at radius 3 is 2.42 bits per heavy atom. The lowest BCUT2D eigenvalue weighted by Crippen LogP contribution is -2.47. The number of amides is 3. The molecular formula is C21H22F3N3O3S. The molecule has 1 aromatic carbocycles. The van der Waals surface area contributed by atoms with Crippen molar-refractivity contribution < 1.29 is 27.6 Å². The minimum atomic E-state index is -4.46. The average molecular weight is 453 g/mol. The van der Waals surface area contributed by atoms with Crippen LogP contribution in [0.15, 0.2) is 41.8 Å². The van der Waals surface area contributed by atoms with Crippen LogP contribution in [0.5, 0.6) is 0 Å². The van der Waals surface area contributed by atoms with E-state index in [1.54, 1.807) is 4.90 Å². The number of carbonyl (C=O) groups is 3. The van der Waals surface area contributed by atoms with Gasteiger partial charge in [-0.15, -0.1) is 11.3 Å². The molecule has 6 nitrogen and oxygen atoms in total. The van der Waals surface area contributed by atoms with Crippen molar-refractivity contribution in [3.8, 4) is 0 Å². The number of rotatable bonds is 7. The monoisotopic (exact) mass is 453 g/mol. The molecule has 1 aliphatic heterocycles. The van der Waals surface area contributed by atoms with Gasteiger partial charge in [0.05, 0.1) is 12.0 Å². The smallest absolute Gasteiger partial charge is 0.353 e. The van der Waals surface area contributed by atoms with Gasteiger partial charge in [0.25, 0.3) is 5.91 Å². The van der Waals surface area contributed by atoms with Crippen molar-refractivity contribution in [3.05, 3.63) is 57.8 Å². The molecule has 0 bridgehead atoms. The van der Waals surface area contributed by atoms with Crippen LogP contribution in [0, 0.1) is 0 Å². The summed E-state index contributed by atoms with van der Waals surface area (Å²) in [4.78, 5) is 39.6. The summed E-state index contributed by atoms with van der Waals surface area (Å²) in [5.74, 6) is -0.895. The fraction of sp³-hybridized carbons (Fsp3) is 0.381. The maximum Gasteiger partial charge on any atom is 0.416 e. The molecule has 0 spiro atoms. The summed E-state index contributed by atoms with van der Waals surface area (Å²) in [5.41, 5.74) is -0.730. The van der Waals surface area contributed by atoms with Gasteiger partial charge >= 0.3 is 6.18 Å². The normalized spacial score (nSPS) is 16.2. The SMILES string of the molecule is O=C(NCCNC(=O)C1CCCN1C(=O)Cc1cccs1)c1ccc(C(F)(F)F)cc1. The van der Waals surface area contributed by atoms with E-state index in [4.69, 9.17) is 0 Å². The minimum absolute atomic E-state index is 0.0873. The molecular weight excluding hydrogens is 431 g/mol. The Morgan fingerprint density at radius 2 is 1.77 bits per heavy atom. The number of halogens is 3. The van der Waals surface area contributed by atoms with Crippen LogP contribution in [0.3, 0.4) is 0 Å². The topological polar surface area (TPSA) is 78.5 Å². The summed E-state index contributed by atoms with van der Waals surface area (Å²) in [6, 6.07) is 7.13. The molecule has 2 N–H and O–H groups in total. The van der Waals surface area contributed by atoms with E-state index >= 15 is 0 Å². The molecule has 1 saturated heterocycles. The lowest BCUT2D eigenvalue weighted by molar-refractivity contribution is -0.138. The van der Waals surface area contributed by atoms with Crippen LogP contribution >= 0.6 is 11.3 Å². The zero-order chi connectivity index (χ0) is 22.4. The molecule has 2 aromatic rings. The summed E-state index contributed by atoms with van der Waals surface area (Å²) in [6.07, 6.45) is -2.86. The molecule has 10 heteroatoms. The quantitative estimate of drug-likeness (QED) is 0.633. The molecule has 1 unspecified atom stereocenters. The molecule has 1 atom stereocenters.